The Kier molecular flexibility index (Phi) is 6.79. The fourth-order valence-electron chi connectivity index (χ4n) is 2.29. The van der Waals surface area contributed by atoms with E-state index >= 15 is 0 Å². The Morgan fingerprint density at radius 2 is 1.96 bits per heavy atom. The van der Waals surface area contributed by atoms with Gasteiger partial charge in [0.1, 0.15) is 0 Å². The first-order valence-corrected chi connectivity index (χ1v) is 8.64. The van der Waals surface area contributed by atoms with Crippen molar-refractivity contribution in [2.24, 2.45) is 5.10 Å². The number of amides is 1. The molecule has 0 heterocycles. The lowest BCUT2D eigenvalue weighted by atomic mass is 10.1. The van der Waals surface area contributed by atoms with Gasteiger partial charge in [0.05, 0.1) is 22.0 Å². The molecule has 142 valence electrons. The Labute approximate surface area is 161 Å². The quantitative estimate of drug-likeness (QED) is 0.494. The maximum Gasteiger partial charge on any atom is 0.335 e. The topological polar surface area (TPSA) is 114 Å². The number of hydrogen-bond acceptors (Lipinski definition) is 5. The summed E-state index contributed by atoms with van der Waals surface area (Å²) in [6.45, 7) is 3.52. The van der Waals surface area contributed by atoms with Gasteiger partial charge >= 0.3 is 5.97 Å². The van der Waals surface area contributed by atoms with E-state index in [0.717, 1.165) is 6.42 Å². The third-order valence-corrected chi connectivity index (χ3v) is 4.02. The van der Waals surface area contributed by atoms with E-state index < -0.39 is 5.97 Å². The molecule has 27 heavy (non-hydrogen) atoms. The Hall–Kier alpha value is -3.06. The molecular weight excluding hydrogens is 370 g/mol. The number of carbonyl (C=O) groups is 2. The molecule has 8 heteroatoms. The van der Waals surface area contributed by atoms with Gasteiger partial charge in [0.2, 0.25) is 5.91 Å². The highest BCUT2D eigenvalue weighted by molar-refractivity contribution is 6.33. The lowest BCUT2D eigenvalue weighted by molar-refractivity contribution is -0.268. The first kappa shape index (κ1) is 20.3. The fraction of sp³-hybridized carbons (Fsp3) is 0.211. The number of aromatic carboxylic acids is 1. The molecule has 7 nitrogen and oxygen atoms in total. The summed E-state index contributed by atoms with van der Waals surface area (Å²) in [4.78, 5) is 22.8. The summed E-state index contributed by atoms with van der Waals surface area (Å²) in [6.07, 6.45) is 1.11. The molecular formula is C19H19ClN3O4-. The van der Waals surface area contributed by atoms with E-state index in [4.69, 9.17) is 16.7 Å². The van der Waals surface area contributed by atoms with Crippen LogP contribution in [-0.2, 0) is 4.79 Å². The molecule has 0 atom stereocenters. The lowest BCUT2D eigenvalue weighted by Gasteiger charge is -2.16. The van der Waals surface area contributed by atoms with Gasteiger partial charge < -0.3 is 15.5 Å². The third-order valence-electron chi connectivity index (χ3n) is 3.69. The Morgan fingerprint density at radius 1 is 1.22 bits per heavy atom. The van der Waals surface area contributed by atoms with Gasteiger partial charge in [-0.15, -0.1) is 0 Å². The Balaban J connectivity index is 2.24. The minimum absolute atomic E-state index is 0.0555. The molecule has 1 amide bonds. The van der Waals surface area contributed by atoms with Crippen LogP contribution in [0.3, 0.4) is 0 Å². The summed E-state index contributed by atoms with van der Waals surface area (Å²) in [7, 11) is 0. The Bertz CT molecular complexity index is 897. The van der Waals surface area contributed by atoms with Crippen molar-refractivity contribution in [3.8, 4) is 5.75 Å². The Morgan fingerprint density at radius 3 is 2.63 bits per heavy atom. The van der Waals surface area contributed by atoms with Gasteiger partial charge in [-0.25, -0.2) is 4.79 Å². The number of nitrogens with one attached hydrogen (secondary N) is 2. The number of carbonyl (C=O) groups excluding carboxylic acids is 1. The van der Waals surface area contributed by atoms with Crippen LogP contribution in [-0.4, -0.2) is 22.7 Å². The van der Waals surface area contributed by atoms with Gasteiger partial charge in [-0.05, 0) is 49.2 Å². The smallest absolute Gasteiger partial charge is 0.335 e. The second-order valence-electron chi connectivity index (χ2n) is 5.82. The van der Waals surface area contributed by atoms with Crippen molar-refractivity contribution in [1.29, 1.82) is 0 Å². The van der Waals surface area contributed by atoms with Crippen molar-refractivity contribution in [3.63, 3.8) is 0 Å². The number of rotatable bonds is 7. The predicted molar refractivity (Wildman–Crippen MR) is 104 cm³/mol. The predicted octanol–water partition coefficient (Wildman–Crippen LogP) is 3.69. The highest BCUT2D eigenvalue weighted by atomic mass is 35.5. The molecule has 0 unspecified atom stereocenters. The average molecular weight is 389 g/mol. The van der Waals surface area contributed by atoms with E-state index in [0.29, 0.717) is 34.1 Å². The largest absolute Gasteiger partial charge is 0.872 e. The van der Waals surface area contributed by atoms with Gasteiger partial charge in [-0.2, -0.15) is 5.10 Å². The number of carboxylic acids is 1. The second kappa shape index (κ2) is 9.05. The van der Waals surface area contributed by atoms with E-state index in [1.807, 2.05) is 6.92 Å². The van der Waals surface area contributed by atoms with Crippen LogP contribution in [0.1, 0.15) is 42.6 Å². The molecule has 2 rings (SSSR count). The molecule has 0 aliphatic rings. The molecule has 0 aliphatic carbocycles. The molecule has 0 spiro atoms. The summed E-state index contributed by atoms with van der Waals surface area (Å²) in [5.74, 6) is -1.48. The molecule has 0 fully saturated rings. The number of benzene rings is 2. The third kappa shape index (κ3) is 5.46. The van der Waals surface area contributed by atoms with Gasteiger partial charge in [-0.3, -0.25) is 10.2 Å². The number of halogens is 1. The molecule has 0 radical (unpaired) electrons. The molecule has 2 aromatic carbocycles. The minimum atomic E-state index is -1.09. The highest BCUT2D eigenvalue weighted by Crippen LogP contribution is 2.24. The van der Waals surface area contributed by atoms with Crippen LogP contribution in [0.5, 0.6) is 5.75 Å². The lowest BCUT2D eigenvalue weighted by Crippen LogP contribution is -2.12. The molecule has 0 bridgehead atoms. The van der Waals surface area contributed by atoms with Crippen LogP contribution >= 0.6 is 11.6 Å². The fourth-order valence-corrected chi connectivity index (χ4v) is 2.45. The number of hydrazone groups is 1. The summed E-state index contributed by atoms with van der Waals surface area (Å²) in [5.41, 5.74) is 4.21. The number of anilines is 2. The molecule has 0 saturated heterocycles. The van der Waals surface area contributed by atoms with Crippen molar-refractivity contribution >= 4 is 40.6 Å². The number of nitrogens with zero attached hydrogens (tertiary/aromatic N) is 1. The minimum Gasteiger partial charge on any atom is -0.872 e. The first-order chi connectivity index (χ1) is 12.8. The van der Waals surface area contributed by atoms with Crippen LogP contribution in [0.15, 0.2) is 41.5 Å². The monoisotopic (exact) mass is 388 g/mol. The van der Waals surface area contributed by atoms with Gasteiger partial charge in [0, 0.05) is 12.1 Å². The van der Waals surface area contributed by atoms with E-state index in [2.05, 4.69) is 15.8 Å². The van der Waals surface area contributed by atoms with Gasteiger partial charge in [-0.1, -0.05) is 30.3 Å². The normalized spacial score (nSPS) is 11.1. The summed E-state index contributed by atoms with van der Waals surface area (Å²) in [6, 6.07) is 8.61. The molecule has 0 aromatic heterocycles. The average Bonchev–Trinajstić information content (AvgIpc) is 2.62. The summed E-state index contributed by atoms with van der Waals surface area (Å²) < 4.78 is 0. The van der Waals surface area contributed by atoms with Crippen LogP contribution in [0, 0.1) is 0 Å². The van der Waals surface area contributed by atoms with Crippen LogP contribution in [0.4, 0.5) is 11.4 Å². The summed E-state index contributed by atoms with van der Waals surface area (Å²) in [5, 5.41) is 28.3. The van der Waals surface area contributed by atoms with Crippen LogP contribution < -0.4 is 15.8 Å². The molecule has 0 saturated carbocycles. The zero-order valence-electron chi connectivity index (χ0n) is 14.9. The van der Waals surface area contributed by atoms with Crippen LogP contribution in [0.2, 0.25) is 5.02 Å². The number of hydrogen-bond donors (Lipinski definition) is 3. The van der Waals surface area contributed by atoms with Gasteiger partial charge in [0.25, 0.3) is 0 Å². The molecule has 3 N–H and O–H groups in total. The van der Waals surface area contributed by atoms with Crippen molar-refractivity contribution in [2.75, 3.05) is 10.7 Å². The first-order valence-electron chi connectivity index (χ1n) is 8.26. The van der Waals surface area contributed by atoms with E-state index in [1.54, 1.807) is 13.0 Å². The zero-order valence-corrected chi connectivity index (χ0v) is 15.6. The highest BCUT2D eigenvalue weighted by Gasteiger charge is 2.08. The van der Waals surface area contributed by atoms with Crippen molar-refractivity contribution in [3.05, 3.63) is 52.5 Å². The standard InChI is InChI=1S/C19H20ClN3O4/c1-3-4-18(25)21-13-6-8-17(24)14(10-13)11(2)22-23-16-9-12(19(26)27)5-7-15(16)20/h5-10,23-24H,3-4H2,1-2H3,(H,21,25)(H,26,27)/p-1/b22-11+. The molecule has 2 aromatic rings. The SMILES string of the molecule is CCCC(=O)Nc1ccc([O-])c(/C(C)=N/Nc2cc(C(=O)O)ccc2Cl)c1. The molecule has 0 aliphatic heterocycles. The summed E-state index contributed by atoms with van der Waals surface area (Å²) >= 11 is 6.04. The maximum absolute atomic E-state index is 12.1. The number of carboxylic acid groups (broad SMARTS) is 1. The van der Waals surface area contributed by atoms with E-state index in [1.165, 1.54) is 30.3 Å². The van der Waals surface area contributed by atoms with E-state index in [9.17, 15) is 14.7 Å². The zero-order chi connectivity index (χ0) is 20.0. The second-order valence-corrected chi connectivity index (χ2v) is 6.23. The van der Waals surface area contributed by atoms with Crippen molar-refractivity contribution in [2.45, 2.75) is 26.7 Å². The van der Waals surface area contributed by atoms with Crippen molar-refractivity contribution < 1.29 is 19.8 Å². The maximum atomic E-state index is 12.1. The van der Waals surface area contributed by atoms with E-state index in [-0.39, 0.29) is 17.2 Å². The van der Waals surface area contributed by atoms with Gasteiger partial charge in [0.15, 0.2) is 0 Å². The van der Waals surface area contributed by atoms with Crippen molar-refractivity contribution in [1.82, 2.24) is 0 Å². The van der Waals surface area contributed by atoms with Crippen LogP contribution in [0.25, 0.3) is 0 Å².